The molecule has 0 amide bonds. The Kier molecular flexibility index (Phi) is 11.9. The van der Waals surface area contributed by atoms with E-state index in [-0.39, 0.29) is 12.6 Å². The molecule has 0 heterocycles. The maximum Gasteiger partial charge on any atom is 0.332 e. The van der Waals surface area contributed by atoms with Crippen molar-refractivity contribution in [1.29, 1.82) is 0 Å². The quantitative estimate of drug-likeness (QED) is 0.345. The van der Waals surface area contributed by atoms with E-state index in [0.717, 1.165) is 25.7 Å². The molecule has 26 heavy (non-hydrogen) atoms. The van der Waals surface area contributed by atoms with E-state index < -0.39 is 5.60 Å². The minimum Gasteiger partial charge on any atom is -0.458 e. The summed E-state index contributed by atoms with van der Waals surface area (Å²) in [6, 6.07) is 10.1. The van der Waals surface area contributed by atoms with Crippen LogP contribution in [0.15, 0.2) is 30.3 Å². The van der Waals surface area contributed by atoms with Crippen LogP contribution >= 0.6 is 0 Å². The summed E-state index contributed by atoms with van der Waals surface area (Å²) in [7, 11) is 0. The van der Waals surface area contributed by atoms with Crippen molar-refractivity contribution in [1.82, 2.24) is 0 Å². The summed E-state index contributed by atoms with van der Waals surface area (Å²) in [5.74, 6) is -0.302. The number of unbranched alkanes of at least 4 members (excludes halogenated alkanes) is 1. The highest BCUT2D eigenvalue weighted by Gasteiger charge is 2.20. The molecule has 0 aliphatic heterocycles. The van der Waals surface area contributed by atoms with E-state index >= 15 is 0 Å². The van der Waals surface area contributed by atoms with Crippen LogP contribution < -0.4 is 0 Å². The lowest BCUT2D eigenvalue weighted by atomic mass is 10.1. The van der Waals surface area contributed by atoms with Gasteiger partial charge >= 0.3 is 5.97 Å². The van der Waals surface area contributed by atoms with E-state index in [0.29, 0.717) is 33.0 Å². The number of carbonyl (C=O) groups excluding carboxylic acids is 1. The largest absolute Gasteiger partial charge is 0.458 e. The van der Waals surface area contributed by atoms with Crippen LogP contribution in [0.2, 0.25) is 0 Å². The molecule has 5 heteroatoms. The Morgan fingerprint density at radius 3 is 2.19 bits per heavy atom. The first-order valence-corrected chi connectivity index (χ1v) is 9.52. The smallest absolute Gasteiger partial charge is 0.332 e. The van der Waals surface area contributed by atoms with Gasteiger partial charge in [-0.25, -0.2) is 4.79 Å². The number of esters is 1. The van der Waals surface area contributed by atoms with Gasteiger partial charge in [-0.3, -0.25) is 0 Å². The summed E-state index contributed by atoms with van der Waals surface area (Å²) in [6.07, 6.45) is 3.46. The van der Waals surface area contributed by atoms with Crippen molar-refractivity contribution in [2.45, 2.75) is 58.7 Å². The zero-order valence-electron chi connectivity index (χ0n) is 16.5. The first kappa shape index (κ1) is 22.6. The highest BCUT2D eigenvalue weighted by atomic mass is 16.6. The van der Waals surface area contributed by atoms with Crippen LogP contribution in [0.5, 0.6) is 0 Å². The van der Waals surface area contributed by atoms with E-state index in [1.165, 1.54) is 5.56 Å². The van der Waals surface area contributed by atoms with Crippen LogP contribution in [-0.4, -0.2) is 44.6 Å². The topological polar surface area (TPSA) is 54.0 Å². The Morgan fingerprint density at radius 1 is 0.885 bits per heavy atom. The molecule has 1 aromatic rings. The zero-order chi connectivity index (χ0) is 19.1. The standard InChI is InChI=1S/C21H34O5/c1-4-21(2,3)26-20(22)18-25-14-9-8-13-23-15-10-16-24-17-19-11-6-5-7-12-19/h5-7,11-12H,4,8-10,13-18H2,1-3H3. The molecule has 0 fully saturated rings. The van der Waals surface area contributed by atoms with Crippen molar-refractivity contribution in [3.05, 3.63) is 35.9 Å². The number of hydrogen-bond donors (Lipinski definition) is 0. The molecule has 0 radical (unpaired) electrons. The van der Waals surface area contributed by atoms with Crippen LogP contribution in [0.4, 0.5) is 0 Å². The second-order valence-electron chi connectivity index (χ2n) is 6.85. The fourth-order valence-corrected chi connectivity index (χ4v) is 2.10. The normalized spacial score (nSPS) is 11.5. The second-order valence-corrected chi connectivity index (χ2v) is 6.85. The van der Waals surface area contributed by atoms with Gasteiger partial charge in [0.15, 0.2) is 0 Å². The highest BCUT2D eigenvalue weighted by Crippen LogP contribution is 2.13. The molecular formula is C21H34O5. The summed E-state index contributed by atoms with van der Waals surface area (Å²) in [4.78, 5) is 11.6. The molecule has 148 valence electrons. The lowest BCUT2D eigenvalue weighted by Gasteiger charge is -2.23. The zero-order valence-corrected chi connectivity index (χ0v) is 16.5. The van der Waals surface area contributed by atoms with Crippen LogP contribution in [0.25, 0.3) is 0 Å². The van der Waals surface area contributed by atoms with Crippen LogP contribution in [0.1, 0.15) is 52.0 Å². The lowest BCUT2D eigenvalue weighted by molar-refractivity contribution is -0.162. The number of carbonyl (C=O) groups is 1. The molecule has 0 saturated heterocycles. The van der Waals surface area contributed by atoms with Gasteiger partial charge in [0.25, 0.3) is 0 Å². The van der Waals surface area contributed by atoms with Gasteiger partial charge in [0, 0.05) is 26.4 Å². The predicted molar refractivity (Wildman–Crippen MR) is 102 cm³/mol. The Bertz CT molecular complexity index is 473. The molecule has 1 rings (SSSR count). The first-order chi connectivity index (χ1) is 12.5. The highest BCUT2D eigenvalue weighted by molar-refractivity contribution is 5.71. The molecule has 0 aliphatic rings. The minimum atomic E-state index is -0.418. The minimum absolute atomic E-state index is 0.0169. The second kappa shape index (κ2) is 13.7. The summed E-state index contributed by atoms with van der Waals surface area (Å²) < 4.78 is 21.8. The third-order valence-corrected chi connectivity index (χ3v) is 3.98. The van der Waals surface area contributed by atoms with Crippen molar-refractivity contribution in [3.8, 4) is 0 Å². The third-order valence-electron chi connectivity index (χ3n) is 3.98. The van der Waals surface area contributed by atoms with Gasteiger partial charge < -0.3 is 18.9 Å². The molecule has 0 atom stereocenters. The number of ether oxygens (including phenoxy) is 4. The monoisotopic (exact) mass is 366 g/mol. The van der Waals surface area contributed by atoms with Gasteiger partial charge in [-0.1, -0.05) is 37.3 Å². The molecule has 0 N–H and O–H groups in total. The average molecular weight is 366 g/mol. The van der Waals surface area contributed by atoms with Gasteiger partial charge in [0.2, 0.25) is 0 Å². The molecular weight excluding hydrogens is 332 g/mol. The third kappa shape index (κ3) is 12.0. The van der Waals surface area contributed by atoms with Gasteiger partial charge in [-0.2, -0.15) is 0 Å². The van der Waals surface area contributed by atoms with E-state index in [2.05, 4.69) is 12.1 Å². The van der Waals surface area contributed by atoms with Crippen molar-refractivity contribution >= 4 is 5.97 Å². The van der Waals surface area contributed by atoms with E-state index in [4.69, 9.17) is 18.9 Å². The summed E-state index contributed by atoms with van der Waals surface area (Å²) in [5, 5.41) is 0. The molecule has 5 nitrogen and oxygen atoms in total. The van der Waals surface area contributed by atoms with Gasteiger partial charge in [0.1, 0.15) is 12.2 Å². The Morgan fingerprint density at radius 2 is 1.50 bits per heavy atom. The molecule has 0 spiro atoms. The van der Waals surface area contributed by atoms with Crippen molar-refractivity contribution in [2.24, 2.45) is 0 Å². The number of benzene rings is 1. The lowest BCUT2D eigenvalue weighted by Crippen LogP contribution is -2.29. The summed E-state index contributed by atoms with van der Waals surface area (Å²) in [5.41, 5.74) is 0.773. The number of hydrogen-bond acceptors (Lipinski definition) is 5. The van der Waals surface area contributed by atoms with Crippen molar-refractivity contribution in [2.75, 3.05) is 33.0 Å². The average Bonchev–Trinajstić information content (AvgIpc) is 2.63. The van der Waals surface area contributed by atoms with Gasteiger partial charge in [-0.15, -0.1) is 0 Å². The van der Waals surface area contributed by atoms with E-state index in [9.17, 15) is 4.79 Å². The predicted octanol–water partition coefficient (Wildman–Crippen LogP) is 4.14. The van der Waals surface area contributed by atoms with Crippen LogP contribution in [0.3, 0.4) is 0 Å². The molecule has 0 saturated carbocycles. The Hall–Kier alpha value is -1.43. The molecule has 1 aromatic carbocycles. The molecule has 0 unspecified atom stereocenters. The van der Waals surface area contributed by atoms with E-state index in [1.54, 1.807) is 0 Å². The summed E-state index contributed by atoms with van der Waals surface area (Å²) in [6.45, 7) is 9.11. The van der Waals surface area contributed by atoms with E-state index in [1.807, 2.05) is 39.0 Å². The molecule has 0 bridgehead atoms. The SMILES string of the molecule is CCC(C)(C)OC(=O)COCCCCOCCCOCc1ccccc1. The fourth-order valence-electron chi connectivity index (χ4n) is 2.10. The van der Waals surface area contributed by atoms with Crippen molar-refractivity contribution in [3.63, 3.8) is 0 Å². The van der Waals surface area contributed by atoms with Gasteiger partial charge in [-0.05, 0) is 45.1 Å². The Labute approximate surface area is 158 Å². The van der Waals surface area contributed by atoms with Crippen LogP contribution in [0, 0.1) is 0 Å². The molecule has 0 aliphatic carbocycles. The fraction of sp³-hybridized carbons (Fsp3) is 0.667. The maximum atomic E-state index is 11.6. The van der Waals surface area contributed by atoms with Gasteiger partial charge in [0.05, 0.1) is 6.61 Å². The maximum absolute atomic E-state index is 11.6. The van der Waals surface area contributed by atoms with Crippen molar-refractivity contribution < 1.29 is 23.7 Å². The Balaban J connectivity index is 1.83. The first-order valence-electron chi connectivity index (χ1n) is 9.52. The molecule has 0 aromatic heterocycles. The van der Waals surface area contributed by atoms with Crippen LogP contribution in [-0.2, 0) is 30.3 Å². The summed E-state index contributed by atoms with van der Waals surface area (Å²) >= 11 is 0. The number of rotatable bonds is 15.